The number of hydrogen-bond acceptors (Lipinski definition) is 13. The molecule has 2 aromatic carbocycles. The topological polar surface area (TPSA) is 213 Å². The number of nitrogens with one attached hydrogen (secondary N) is 1. The number of rotatable bonds is 8. The molecular weight excluding hydrogens is 797 g/mol. The van der Waals surface area contributed by atoms with E-state index >= 15 is 0 Å². The number of aromatic carboxylic acids is 1. The van der Waals surface area contributed by atoms with Crippen LogP contribution in [0.3, 0.4) is 0 Å². The molecule has 15 nitrogen and oxygen atoms in total. The van der Waals surface area contributed by atoms with Crippen LogP contribution in [0.25, 0.3) is 22.8 Å². The van der Waals surface area contributed by atoms with Crippen LogP contribution in [0.1, 0.15) is 82.5 Å². The van der Waals surface area contributed by atoms with Gasteiger partial charge in [-0.3, -0.25) is 4.79 Å². The number of piperidine rings is 2. The van der Waals surface area contributed by atoms with Crippen molar-refractivity contribution in [2.24, 2.45) is 0 Å². The van der Waals surface area contributed by atoms with Crippen molar-refractivity contribution in [1.29, 1.82) is 10.5 Å². The number of pyridine rings is 2. The van der Waals surface area contributed by atoms with Gasteiger partial charge in [-0.05, 0) is 89.8 Å². The van der Waals surface area contributed by atoms with Gasteiger partial charge in [-0.15, -0.1) is 0 Å². The number of nitriles is 2. The minimum atomic E-state index is -0.974. The van der Waals surface area contributed by atoms with Crippen LogP contribution >= 0.6 is 0 Å². The van der Waals surface area contributed by atoms with E-state index in [0.29, 0.717) is 69.4 Å². The summed E-state index contributed by atoms with van der Waals surface area (Å²) >= 11 is 0. The van der Waals surface area contributed by atoms with E-state index in [2.05, 4.69) is 61.2 Å². The van der Waals surface area contributed by atoms with Crippen LogP contribution in [0.2, 0.25) is 0 Å². The minimum absolute atomic E-state index is 0.0701. The Balaban J connectivity index is 0.000000174. The number of amides is 1. The van der Waals surface area contributed by atoms with Crippen LogP contribution in [0.5, 0.6) is 11.8 Å². The molecule has 0 aliphatic carbocycles. The number of hydrogen-bond donors (Lipinski definition) is 2. The largest absolute Gasteiger partial charge is 0.478 e. The number of likely N-dealkylation sites (tertiary alicyclic amines) is 1. The Kier molecular flexibility index (Phi) is 15.5. The number of carbonyl (C=O) groups excluding carboxylic acids is 1. The molecule has 2 saturated heterocycles. The van der Waals surface area contributed by atoms with Gasteiger partial charge in [0, 0.05) is 78.1 Å². The van der Waals surface area contributed by atoms with Gasteiger partial charge < -0.3 is 24.8 Å². The van der Waals surface area contributed by atoms with E-state index in [-0.39, 0.29) is 29.7 Å². The Hall–Kier alpha value is -7.62. The fourth-order valence-electron chi connectivity index (χ4n) is 7.11. The lowest BCUT2D eigenvalue weighted by Gasteiger charge is -2.38. The molecule has 2 N–H and O–H groups in total. The van der Waals surface area contributed by atoms with E-state index < -0.39 is 5.97 Å². The van der Waals surface area contributed by atoms with Crippen LogP contribution in [0.15, 0.2) is 110 Å². The standard InChI is InChI=1S/C24H23N5O2.C13H17N3O.C11H8N2O2/c1-16-8-9-19(31-23-17(2)18(14-25)10-13-28-23)15-29(16)24(30)21-7-4-3-6-20(21)22-26-11-5-12-27-22;1-9-3-4-12(8-16-9)17-13-10(2)11(7-14)5-6-15-13;14-11(15)9-5-2-1-4-8(9)10-12-6-3-7-13-10/h3-7,10-13,16,19H,8-9,15H2,1-2H3;5-6,9,12,16H,3-4,8H2,1-2H3;1-7H,(H,14,15)/t16-,19-;9-,12-;/m11./s1. The molecule has 0 bridgehead atoms. The lowest BCUT2D eigenvalue weighted by Crippen LogP contribution is -2.49. The molecule has 63 heavy (non-hydrogen) atoms. The first-order chi connectivity index (χ1) is 30.6. The highest BCUT2D eigenvalue weighted by atomic mass is 16.5. The zero-order valence-corrected chi connectivity index (χ0v) is 35.5. The van der Waals surface area contributed by atoms with Crippen LogP contribution in [0, 0.1) is 36.5 Å². The highest BCUT2D eigenvalue weighted by Crippen LogP contribution is 2.28. The maximum absolute atomic E-state index is 13.5. The number of carboxylic acid groups (broad SMARTS) is 1. The first-order valence-electron chi connectivity index (χ1n) is 20.6. The zero-order chi connectivity index (χ0) is 44.7. The molecule has 8 rings (SSSR count). The molecule has 1 amide bonds. The highest BCUT2D eigenvalue weighted by Gasteiger charge is 2.32. The lowest BCUT2D eigenvalue weighted by molar-refractivity contribution is 0.0371. The van der Waals surface area contributed by atoms with E-state index in [1.165, 1.54) is 6.07 Å². The summed E-state index contributed by atoms with van der Waals surface area (Å²) in [5, 5.41) is 30.5. The van der Waals surface area contributed by atoms with Crippen molar-refractivity contribution in [2.45, 2.75) is 77.7 Å². The molecule has 2 aliphatic rings. The van der Waals surface area contributed by atoms with Gasteiger partial charge in [0.2, 0.25) is 11.8 Å². The van der Waals surface area contributed by atoms with Gasteiger partial charge >= 0.3 is 5.97 Å². The lowest BCUT2D eigenvalue weighted by atomic mass is 9.98. The summed E-state index contributed by atoms with van der Waals surface area (Å²) in [5.74, 6) is 0.944. The monoisotopic (exact) mass is 844 g/mol. The zero-order valence-electron chi connectivity index (χ0n) is 35.5. The summed E-state index contributed by atoms with van der Waals surface area (Å²) in [6.07, 6.45) is 13.4. The fourth-order valence-corrected chi connectivity index (χ4v) is 7.11. The quantitative estimate of drug-likeness (QED) is 0.153. The molecule has 0 spiro atoms. The van der Waals surface area contributed by atoms with Crippen molar-refractivity contribution in [3.8, 4) is 46.7 Å². The highest BCUT2D eigenvalue weighted by molar-refractivity contribution is 6.00. The van der Waals surface area contributed by atoms with Crippen LogP contribution in [-0.2, 0) is 0 Å². The normalized spacial score (nSPS) is 17.8. The summed E-state index contributed by atoms with van der Waals surface area (Å²) in [4.78, 5) is 51.5. The predicted molar refractivity (Wildman–Crippen MR) is 235 cm³/mol. The molecule has 4 atom stereocenters. The summed E-state index contributed by atoms with van der Waals surface area (Å²) in [5.41, 5.74) is 4.74. The van der Waals surface area contributed by atoms with E-state index in [0.717, 1.165) is 37.8 Å². The Morgan fingerprint density at radius 2 is 1.14 bits per heavy atom. The van der Waals surface area contributed by atoms with Crippen molar-refractivity contribution in [3.63, 3.8) is 0 Å². The first kappa shape index (κ1) is 44.9. The first-order valence-corrected chi connectivity index (χ1v) is 20.6. The Labute approximate surface area is 366 Å². The summed E-state index contributed by atoms with van der Waals surface area (Å²) in [7, 11) is 0. The minimum Gasteiger partial charge on any atom is -0.478 e. The third-order valence-corrected chi connectivity index (χ3v) is 10.8. The molecule has 15 heteroatoms. The van der Waals surface area contributed by atoms with Gasteiger partial charge in [0.15, 0.2) is 11.6 Å². The maximum Gasteiger partial charge on any atom is 0.336 e. The molecule has 2 fully saturated rings. The second-order valence-corrected chi connectivity index (χ2v) is 15.1. The number of ether oxygens (including phenoxy) is 2. The number of carbonyl (C=O) groups is 2. The van der Waals surface area contributed by atoms with Gasteiger partial charge in [0.1, 0.15) is 12.2 Å². The third-order valence-electron chi connectivity index (χ3n) is 10.8. The van der Waals surface area contributed by atoms with Crippen molar-refractivity contribution in [2.75, 3.05) is 13.1 Å². The Bertz CT molecular complexity index is 2570. The van der Waals surface area contributed by atoms with Gasteiger partial charge in [-0.25, -0.2) is 34.7 Å². The maximum atomic E-state index is 13.5. The molecule has 0 unspecified atom stereocenters. The average molecular weight is 845 g/mol. The third kappa shape index (κ3) is 11.6. The summed E-state index contributed by atoms with van der Waals surface area (Å²) < 4.78 is 12.0. The summed E-state index contributed by atoms with van der Waals surface area (Å²) in [6.45, 7) is 9.22. The molecular formula is C48H48N10O5. The second kappa shape index (κ2) is 21.8. The second-order valence-electron chi connectivity index (χ2n) is 15.1. The number of aromatic nitrogens is 6. The van der Waals surface area contributed by atoms with Crippen LogP contribution in [0.4, 0.5) is 0 Å². The van der Waals surface area contributed by atoms with Crippen molar-refractivity contribution in [1.82, 2.24) is 40.1 Å². The molecule has 2 aliphatic heterocycles. The Morgan fingerprint density at radius 3 is 1.65 bits per heavy atom. The molecule has 0 saturated carbocycles. The van der Waals surface area contributed by atoms with E-state index in [9.17, 15) is 14.9 Å². The number of benzene rings is 2. The van der Waals surface area contributed by atoms with Crippen LogP contribution < -0.4 is 14.8 Å². The van der Waals surface area contributed by atoms with Crippen molar-refractivity contribution < 1.29 is 24.2 Å². The van der Waals surface area contributed by atoms with E-state index in [1.54, 1.807) is 79.6 Å². The van der Waals surface area contributed by atoms with E-state index in [1.807, 2.05) is 43.0 Å². The molecule has 0 radical (unpaired) electrons. The van der Waals surface area contributed by atoms with E-state index in [4.69, 9.17) is 19.8 Å². The van der Waals surface area contributed by atoms with Crippen LogP contribution in [-0.4, -0.2) is 89.2 Å². The molecule has 6 heterocycles. The smallest absolute Gasteiger partial charge is 0.336 e. The summed E-state index contributed by atoms with van der Waals surface area (Å²) in [6, 6.07) is 25.8. The predicted octanol–water partition coefficient (Wildman–Crippen LogP) is 7.41. The van der Waals surface area contributed by atoms with Crippen molar-refractivity contribution in [3.05, 3.63) is 143 Å². The van der Waals surface area contributed by atoms with Gasteiger partial charge in [-0.1, -0.05) is 36.4 Å². The SMILES string of the molecule is Cc1c(C#N)ccnc1O[C@@H]1CC[C@@H](C)N(C(=O)c2ccccc2-c2ncccn2)C1.Cc1c(C#N)ccnc1O[C@@H]1CC[C@@H](C)NC1.O=C(O)c1ccccc1-c1ncccn1. The molecule has 320 valence electrons. The number of nitrogens with zero attached hydrogens (tertiary/aromatic N) is 9. The number of carboxylic acids is 1. The molecule has 4 aromatic heterocycles. The average Bonchev–Trinajstić information content (AvgIpc) is 3.32. The fraction of sp³-hybridized carbons (Fsp3) is 0.292. The molecule has 6 aromatic rings. The van der Waals surface area contributed by atoms with Gasteiger partial charge in [0.05, 0.1) is 40.9 Å². The van der Waals surface area contributed by atoms with Gasteiger partial charge in [0.25, 0.3) is 5.91 Å². The Morgan fingerprint density at radius 1 is 0.651 bits per heavy atom. The van der Waals surface area contributed by atoms with Gasteiger partial charge in [-0.2, -0.15) is 10.5 Å². The van der Waals surface area contributed by atoms with Crippen molar-refractivity contribution >= 4 is 11.9 Å².